The Balaban J connectivity index is 2.30. The van der Waals surface area contributed by atoms with Crippen LogP contribution in [0.1, 0.15) is 34.8 Å². The topological polar surface area (TPSA) is 55.4 Å². The quantitative estimate of drug-likeness (QED) is 0.863. The Kier molecular flexibility index (Phi) is 4.12. The van der Waals surface area contributed by atoms with E-state index in [0.29, 0.717) is 17.5 Å². The van der Waals surface area contributed by atoms with Gasteiger partial charge in [0.2, 0.25) is 5.91 Å². The number of ether oxygens (including phenoxy) is 1. The van der Waals surface area contributed by atoms with Crippen LogP contribution in [0.4, 0.5) is 8.78 Å². The van der Waals surface area contributed by atoms with Crippen molar-refractivity contribution in [3.8, 4) is 5.75 Å². The first-order valence-electron chi connectivity index (χ1n) is 6.06. The molecule has 1 aromatic rings. The number of ketones is 1. The maximum atomic E-state index is 12.2. The van der Waals surface area contributed by atoms with Gasteiger partial charge in [0, 0.05) is 12.0 Å². The van der Waals surface area contributed by atoms with Crippen molar-refractivity contribution in [3.05, 3.63) is 42.0 Å². The molecule has 1 N–H and O–H groups in total. The van der Waals surface area contributed by atoms with Gasteiger partial charge in [-0.1, -0.05) is 12.6 Å². The molecule has 106 valence electrons. The number of Topliss-reactive ketones (excluding diaryl/α,β-unsaturated/α-hetero) is 1. The van der Waals surface area contributed by atoms with Gasteiger partial charge in [-0.2, -0.15) is 8.78 Å². The van der Waals surface area contributed by atoms with E-state index in [4.69, 9.17) is 0 Å². The standard InChI is InChI=1S/C14H13F2NO3/c1-2-13(19)17-11-5-6-12(18)10-7-8(20-14(15)16)3-4-9(10)11/h2-4,7,11,14H,1,5-6H2,(H,17,19). The van der Waals surface area contributed by atoms with E-state index in [2.05, 4.69) is 16.6 Å². The first-order valence-corrected chi connectivity index (χ1v) is 6.06. The van der Waals surface area contributed by atoms with Crippen molar-refractivity contribution in [2.45, 2.75) is 25.5 Å². The number of hydrogen-bond acceptors (Lipinski definition) is 3. The van der Waals surface area contributed by atoms with E-state index in [1.165, 1.54) is 18.2 Å². The van der Waals surface area contributed by atoms with Crippen LogP contribution in [0.5, 0.6) is 5.75 Å². The minimum atomic E-state index is -2.94. The molecule has 1 atom stereocenters. The molecule has 0 bridgehead atoms. The summed E-state index contributed by atoms with van der Waals surface area (Å²) < 4.78 is 28.6. The number of halogens is 2. The molecule has 0 fully saturated rings. The van der Waals surface area contributed by atoms with Gasteiger partial charge in [-0.15, -0.1) is 0 Å². The molecule has 1 unspecified atom stereocenters. The number of amides is 1. The lowest BCUT2D eigenvalue weighted by molar-refractivity contribution is -0.117. The third-order valence-electron chi connectivity index (χ3n) is 3.09. The number of alkyl halides is 2. The largest absolute Gasteiger partial charge is 0.435 e. The predicted molar refractivity (Wildman–Crippen MR) is 67.7 cm³/mol. The average molecular weight is 281 g/mol. The fraction of sp³-hybridized carbons (Fsp3) is 0.286. The molecule has 6 heteroatoms. The van der Waals surface area contributed by atoms with Crippen molar-refractivity contribution in [2.24, 2.45) is 0 Å². The van der Waals surface area contributed by atoms with Gasteiger partial charge in [-0.05, 0) is 30.2 Å². The summed E-state index contributed by atoms with van der Waals surface area (Å²) in [5.74, 6) is -0.560. The molecule has 2 rings (SSSR count). The van der Waals surface area contributed by atoms with E-state index in [9.17, 15) is 18.4 Å². The van der Waals surface area contributed by atoms with E-state index >= 15 is 0 Å². The highest BCUT2D eigenvalue weighted by Gasteiger charge is 2.27. The van der Waals surface area contributed by atoms with Crippen molar-refractivity contribution in [1.29, 1.82) is 0 Å². The van der Waals surface area contributed by atoms with Crippen LogP contribution in [0.2, 0.25) is 0 Å². The number of benzene rings is 1. The number of fused-ring (bicyclic) bond motifs is 1. The van der Waals surface area contributed by atoms with Crippen LogP contribution in [-0.2, 0) is 4.79 Å². The Morgan fingerprint density at radius 3 is 2.90 bits per heavy atom. The molecule has 0 aliphatic heterocycles. The van der Waals surface area contributed by atoms with E-state index in [-0.39, 0.29) is 29.9 Å². The highest BCUT2D eigenvalue weighted by atomic mass is 19.3. The van der Waals surface area contributed by atoms with Gasteiger partial charge in [0.1, 0.15) is 5.75 Å². The molecular weight excluding hydrogens is 268 g/mol. The van der Waals surface area contributed by atoms with Crippen molar-refractivity contribution in [2.75, 3.05) is 0 Å². The van der Waals surface area contributed by atoms with Crippen molar-refractivity contribution >= 4 is 11.7 Å². The van der Waals surface area contributed by atoms with Crippen molar-refractivity contribution in [3.63, 3.8) is 0 Å². The number of nitrogens with one attached hydrogen (secondary N) is 1. The third-order valence-corrected chi connectivity index (χ3v) is 3.09. The molecule has 0 saturated carbocycles. The number of carbonyl (C=O) groups is 2. The van der Waals surface area contributed by atoms with E-state index < -0.39 is 6.61 Å². The zero-order valence-corrected chi connectivity index (χ0v) is 10.6. The summed E-state index contributed by atoms with van der Waals surface area (Å²) in [5, 5.41) is 2.71. The second-order valence-corrected chi connectivity index (χ2v) is 4.35. The summed E-state index contributed by atoms with van der Waals surface area (Å²) in [6.07, 6.45) is 1.86. The van der Waals surface area contributed by atoms with Gasteiger partial charge < -0.3 is 10.1 Å². The molecule has 1 aliphatic rings. The normalized spacial score (nSPS) is 17.6. The zero-order valence-electron chi connectivity index (χ0n) is 10.6. The lowest BCUT2D eigenvalue weighted by atomic mass is 9.86. The molecule has 0 aromatic heterocycles. The SMILES string of the molecule is C=CC(=O)NC1CCC(=O)c2cc(OC(F)F)ccc21. The summed E-state index contributed by atoms with van der Waals surface area (Å²) in [6.45, 7) is 0.420. The second-order valence-electron chi connectivity index (χ2n) is 4.35. The molecule has 0 heterocycles. The zero-order chi connectivity index (χ0) is 14.7. The predicted octanol–water partition coefficient (Wildman–Crippen LogP) is 2.61. The van der Waals surface area contributed by atoms with Crippen LogP contribution in [0.15, 0.2) is 30.9 Å². The highest BCUT2D eigenvalue weighted by Crippen LogP contribution is 2.32. The number of rotatable bonds is 4. The molecule has 0 spiro atoms. The van der Waals surface area contributed by atoms with Gasteiger partial charge in [0.15, 0.2) is 5.78 Å². The van der Waals surface area contributed by atoms with Crippen LogP contribution in [0.3, 0.4) is 0 Å². The number of carbonyl (C=O) groups excluding carboxylic acids is 2. The molecule has 0 saturated heterocycles. The molecule has 0 radical (unpaired) electrons. The van der Waals surface area contributed by atoms with Crippen LogP contribution in [0.25, 0.3) is 0 Å². The highest BCUT2D eigenvalue weighted by molar-refractivity contribution is 5.99. The minimum absolute atomic E-state index is 0.0669. The summed E-state index contributed by atoms with van der Waals surface area (Å²) in [7, 11) is 0. The Bertz CT molecular complexity index is 557. The van der Waals surface area contributed by atoms with E-state index in [1.54, 1.807) is 0 Å². The fourth-order valence-corrected chi connectivity index (χ4v) is 2.20. The maximum absolute atomic E-state index is 12.2. The van der Waals surface area contributed by atoms with Gasteiger partial charge in [-0.25, -0.2) is 0 Å². The average Bonchev–Trinajstić information content (AvgIpc) is 2.41. The van der Waals surface area contributed by atoms with E-state index in [0.717, 1.165) is 6.08 Å². The van der Waals surface area contributed by atoms with Crippen LogP contribution in [-0.4, -0.2) is 18.3 Å². The Hall–Kier alpha value is -2.24. The van der Waals surface area contributed by atoms with Crippen LogP contribution >= 0.6 is 0 Å². The van der Waals surface area contributed by atoms with Crippen LogP contribution < -0.4 is 10.1 Å². The van der Waals surface area contributed by atoms with Crippen LogP contribution in [0, 0.1) is 0 Å². The van der Waals surface area contributed by atoms with Gasteiger partial charge in [0.05, 0.1) is 6.04 Å². The van der Waals surface area contributed by atoms with Crippen molar-refractivity contribution < 1.29 is 23.1 Å². The lowest BCUT2D eigenvalue weighted by Gasteiger charge is -2.25. The molecule has 1 aliphatic carbocycles. The monoisotopic (exact) mass is 281 g/mol. The van der Waals surface area contributed by atoms with E-state index in [1.807, 2.05) is 0 Å². The second kappa shape index (κ2) is 5.81. The molecule has 1 aromatic carbocycles. The summed E-state index contributed by atoms with van der Waals surface area (Å²) in [6, 6.07) is 3.85. The minimum Gasteiger partial charge on any atom is -0.435 e. The Morgan fingerprint density at radius 1 is 1.50 bits per heavy atom. The fourth-order valence-electron chi connectivity index (χ4n) is 2.20. The van der Waals surface area contributed by atoms with Gasteiger partial charge in [-0.3, -0.25) is 9.59 Å². The first kappa shape index (κ1) is 14.2. The first-order chi connectivity index (χ1) is 9.51. The molecule has 1 amide bonds. The smallest absolute Gasteiger partial charge is 0.387 e. The molecular formula is C14H13F2NO3. The molecule has 4 nitrogen and oxygen atoms in total. The third kappa shape index (κ3) is 3.01. The van der Waals surface area contributed by atoms with Gasteiger partial charge >= 0.3 is 6.61 Å². The summed E-state index contributed by atoms with van der Waals surface area (Å²) in [4.78, 5) is 23.2. The van der Waals surface area contributed by atoms with Gasteiger partial charge in [0.25, 0.3) is 0 Å². The lowest BCUT2D eigenvalue weighted by Crippen LogP contribution is -2.31. The Morgan fingerprint density at radius 2 is 2.25 bits per heavy atom. The number of hydrogen-bond donors (Lipinski definition) is 1. The van der Waals surface area contributed by atoms with Crippen molar-refractivity contribution in [1.82, 2.24) is 5.32 Å². The summed E-state index contributed by atoms with van der Waals surface area (Å²) in [5.41, 5.74) is 0.918. The molecule has 20 heavy (non-hydrogen) atoms. The maximum Gasteiger partial charge on any atom is 0.387 e. The summed E-state index contributed by atoms with van der Waals surface area (Å²) >= 11 is 0. The Labute approximate surface area is 114 Å².